The Labute approximate surface area is 78.7 Å². The molecule has 0 aliphatic heterocycles. The fourth-order valence-corrected chi connectivity index (χ4v) is 1.14. The molecule has 70 valence electrons. The van der Waals surface area contributed by atoms with Gasteiger partial charge < -0.3 is 10.8 Å². The van der Waals surface area contributed by atoms with Crippen LogP contribution in [-0.2, 0) is 0 Å². The van der Waals surface area contributed by atoms with E-state index in [9.17, 15) is 0 Å². The molecule has 1 rings (SSSR count). The standard InChI is InChI=1S/C11H15NO/c1-9-10(5-2-3-8-13)6-4-7-11(9)12/h2,4-7,13H,3,8,12H2,1H3. The van der Waals surface area contributed by atoms with Crippen molar-refractivity contribution in [2.75, 3.05) is 12.3 Å². The van der Waals surface area contributed by atoms with Gasteiger partial charge in [-0.25, -0.2) is 0 Å². The number of anilines is 1. The van der Waals surface area contributed by atoms with Crippen molar-refractivity contribution in [3.8, 4) is 0 Å². The molecular formula is C11H15NO. The highest BCUT2D eigenvalue weighted by Crippen LogP contribution is 2.16. The van der Waals surface area contributed by atoms with E-state index in [2.05, 4.69) is 0 Å². The van der Waals surface area contributed by atoms with Gasteiger partial charge in [-0.15, -0.1) is 0 Å². The Morgan fingerprint density at radius 3 is 2.92 bits per heavy atom. The summed E-state index contributed by atoms with van der Waals surface area (Å²) in [5.74, 6) is 0. The molecule has 0 fully saturated rings. The van der Waals surface area contributed by atoms with Gasteiger partial charge >= 0.3 is 0 Å². The molecule has 2 heteroatoms. The van der Waals surface area contributed by atoms with Gasteiger partial charge in [0.15, 0.2) is 0 Å². The largest absolute Gasteiger partial charge is 0.398 e. The van der Waals surface area contributed by atoms with Gasteiger partial charge in [-0.2, -0.15) is 0 Å². The van der Waals surface area contributed by atoms with Crippen LogP contribution in [0.5, 0.6) is 0 Å². The Kier molecular flexibility index (Phi) is 3.53. The van der Waals surface area contributed by atoms with Crippen LogP contribution >= 0.6 is 0 Å². The lowest BCUT2D eigenvalue weighted by molar-refractivity contribution is 0.303. The summed E-state index contributed by atoms with van der Waals surface area (Å²) in [5.41, 5.74) is 8.77. The third-order valence-corrected chi connectivity index (χ3v) is 2.01. The van der Waals surface area contributed by atoms with Crippen molar-refractivity contribution < 1.29 is 5.11 Å². The third-order valence-electron chi connectivity index (χ3n) is 2.01. The van der Waals surface area contributed by atoms with E-state index in [-0.39, 0.29) is 6.61 Å². The average Bonchev–Trinajstić information content (AvgIpc) is 2.13. The summed E-state index contributed by atoms with van der Waals surface area (Å²) in [6.45, 7) is 2.19. The zero-order valence-electron chi connectivity index (χ0n) is 7.83. The number of aliphatic hydroxyl groups is 1. The van der Waals surface area contributed by atoms with Gasteiger partial charge in [-0.1, -0.05) is 24.3 Å². The molecule has 3 N–H and O–H groups in total. The molecular weight excluding hydrogens is 162 g/mol. The van der Waals surface area contributed by atoms with Crippen LogP contribution in [0.25, 0.3) is 6.08 Å². The molecule has 1 aromatic rings. The van der Waals surface area contributed by atoms with Crippen molar-refractivity contribution in [2.45, 2.75) is 13.3 Å². The summed E-state index contributed by atoms with van der Waals surface area (Å²) in [6, 6.07) is 5.83. The lowest BCUT2D eigenvalue weighted by Crippen LogP contribution is -1.90. The zero-order chi connectivity index (χ0) is 9.68. The van der Waals surface area contributed by atoms with Gasteiger partial charge in [0.1, 0.15) is 0 Å². The van der Waals surface area contributed by atoms with Crippen LogP contribution in [0.4, 0.5) is 5.69 Å². The Bertz CT molecular complexity index is 305. The summed E-state index contributed by atoms with van der Waals surface area (Å²) in [5, 5.41) is 8.59. The Balaban J connectivity index is 2.83. The van der Waals surface area contributed by atoms with Gasteiger partial charge in [0, 0.05) is 12.3 Å². The molecule has 0 spiro atoms. The maximum absolute atomic E-state index is 8.59. The molecule has 0 aromatic heterocycles. The summed E-state index contributed by atoms with van der Waals surface area (Å²) in [6.07, 6.45) is 4.62. The van der Waals surface area contributed by atoms with Crippen molar-refractivity contribution in [1.82, 2.24) is 0 Å². The maximum Gasteiger partial charge on any atom is 0.0465 e. The van der Waals surface area contributed by atoms with Crippen molar-refractivity contribution >= 4 is 11.8 Å². The Morgan fingerprint density at radius 2 is 2.23 bits per heavy atom. The number of hydrogen-bond acceptors (Lipinski definition) is 2. The van der Waals surface area contributed by atoms with Crippen molar-refractivity contribution in [3.05, 3.63) is 35.4 Å². The molecule has 0 atom stereocenters. The summed E-state index contributed by atoms with van der Waals surface area (Å²) < 4.78 is 0. The molecule has 0 saturated carbocycles. The molecule has 0 saturated heterocycles. The maximum atomic E-state index is 8.59. The minimum Gasteiger partial charge on any atom is -0.398 e. The van der Waals surface area contributed by atoms with Crippen LogP contribution < -0.4 is 5.73 Å². The van der Waals surface area contributed by atoms with Crippen molar-refractivity contribution in [1.29, 1.82) is 0 Å². The second-order valence-corrected chi connectivity index (χ2v) is 2.98. The van der Waals surface area contributed by atoms with Crippen LogP contribution in [0, 0.1) is 6.92 Å². The minimum absolute atomic E-state index is 0.192. The normalized spacial score (nSPS) is 10.9. The van der Waals surface area contributed by atoms with Crippen LogP contribution in [0.15, 0.2) is 24.3 Å². The highest BCUT2D eigenvalue weighted by molar-refractivity contribution is 5.61. The molecule has 2 nitrogen and oxygen atoms in total. The van der Waals surface area contributed by atoms with E-state index in [4.69, 9.17) is 10.8 Å². The van der Waals surface area contributed by atoms with Crippen LogP contribution in [0.1, 0.15) is 17.5 Å². The molecule has 0 radical (unpaired) electrons. The van der Waals surface area contributed by atoms with Gasteiger partial charge in [-0.3, -0.25) is 0 Å². The molecule has 13 heavy (non-hydrogen) atoms. The second kappa shape index (κ2) is 4.67. The molecule has 0 aliphatic carbocycles. The SMILES string of the molecule is Cc1c(N)cccc1C=CCCO. The smallest absolute Gasteiger partial charge is 0.0465 e. The van der Waals surface area contributed by atoms with E-state index in [0.717, 1.165) is 16.8 Å². The average molecular weight is 177 g/mol. The first kappa shape index (κ1) is 9.81. The molecule has 0 amide bonds. The number of hydrogen-bond donors (Lipinski definition) is 2. The Morgan fingerprint density at radius 1 is 1.46 bits per heavy atom. The second-order valence-electron chi connectivity index (χ2n) is 2.98. The lowest BCUT2D eigenvalue weighted by atomic mass is 10.1. The van der Waals surface area contributed by atoms with E-state index in [1.54, 1.807) is 0 Å². The van der Waals surface area contributed by atoms with Crippen LogP contribution in [-0.4, -0.2) is 11.7 Å². The van der Waals surface area contributed by atoms with Gasteiger partial charge in [-0.05, 0) is 30.5 Å². The number of nitrogens with two attached hydrogens (primary N) is 1. The highest BCUT2D eigenvalue weighted by atomic mass is 16.2. The molecule has 0 bridgehead atoms. The summed E-state index contributed by atoms with van der Waals surface area (Å²) in [7, 11) is 0. The topological polar surface area (TPSA) is 46.2 Å². The monoisotopic (exact) mass is 177 g/mol. The Hall–Kier alpha value is -1.28. The molecule has 0 aliphatic rings. The summed E-state index contributed by atoms with van der Waals surface area (Å²) in [4.78, 5) is 0. The van der Waals surface area contributed by atoms with E-state index < -0.39 is 0 Å². The quantitative estimate of drug-likeness (QED) is 0.693. The number of nitrogen functional groups attached to an aromatic ring is 1. The van der Waals surface area contributed by atoms with E-state index >= 15 is 0 Å². The van der Waals surface area contributed by atoms with Crippen LogP contribution in [0.3, 0.4) is 0 Å². The molecule has 0 heterocycles. The molecule has 1 aromatic carbocycles. The predicted molar refractivity (Wildman–Crippen MR) is 56.3 cm³/mol. The fraction of sp³-hybridized carbons (Fsp3) is 0.273. The predicted octanol–water partition coefficient (Wildman–Crippen LogP) is 1.97. The van der Waals surface area contributed by atoms with Gasteiger partial charge in [0.2, 0.25) is 0 Å². The van der Waals surface area contributed by atoms with E-state index in [1.807, 2.05) is 37.3 Å². The summed E-state index contributed by atoms with van der Waals surface area (Å²) >= 11 is 0. The lowest BCUT2D eigenvalue weighted by Gasteiger charge is -2.02. The van der Waals surface area contributed by atoms with E-state index in [1.165, 1.54) is 0 Å². The number of benzene rings is 1. The molecule has 0 unspecified atom stereocenters. The number of aliphatic hydroxyl groups excluding tert-OH is 1. The first-order chi connectivity index (χ1) is 6.25. The third kappa shape index (κ3) is 2.60. The van der Waals surface area contributed by atoms with Gasteiger partial charge in [0.25, 0.3) is 0 Å². The van der Waals surface area contributed by atoms with E-state index in [0.29, 0.717) is 6.42 Å². The van der Waals surface area contributed by atoms with Crippen molar-refractivity contribution in [2.24, 2.45) is 0 Å². The number of rotatable bonds is 3. The van der Waals surface area contributed by atoms with Gasteiger partial charge in [0.05, 0.1) is 0 Å². The first-order valence-corrected chi connectivity index (χ1v) is 4.38. The van der Waals surface area contributed by atoms with Crippen molar-refractivity contribution in [3.63, 3.8) is 0 Å². The fourth-order valence-electron chi connectivity index (χ4n) is 1.14. The zero-order valence-corrected chi connectivity index (χ0v) is 7.83. The van der Waals surface area contributed by atoms with Crippen LogP contribution in [0.2, 0.25) is 0 Å². The minimum atomic E-state index is 0.192. The highest BCUT2D eigenvalue weighted by Gasteiger charge is 1.95. The first-order valence-electron chi connectivity index (χ1n) is 4.38.